The lowest BCUT2D eigenvalue weighted by Crippen LogP contribution is -2.27. The van der Waals surface area contributed by atoms with Crippen molar-refractivity contribution >= 4 is 21.6 Å². The van der Waals surface area contributed by atoms with Gasteiger partial charge in [-0.2, -0.15) is 0 Å². The van der Waals surface area contributed by atoms with Crippen LogP contribution >= 0.6 is 0 Å². The predicted molar refractivity (Wildman–Crippen MR) is 136 cm³/mol. The van der Waals surface area contributed by atoms with E-state index in [1.807, 2.05) is 19.9 Å². The smallest absolute Gasteiger partial charge is 0.261 e. The highest BCUT2D eigenvalue weighted by Gasteiger charge is 2.19. The summed E-state index contributed by atoms with van der Waals surface area (Å²) in [6, 6.07) is 17.0. The lowest BCUT2D eigenvalue weighted by Gasteiger charge is -2.21. The molecule has 1 unspecified atom stereocenters. The highest BCUT2D eigenvalue weighted by Crippen LogP contribution is 2.32. The van der Waals surface area contributed by atoms with Crippen LogP contribution in [0.2, 0.25) is 0 Å². The van der Waals surface area contributed by atoms with Crippen molar-refractivity contribution in [2.45, 2.75) is 51.5 Å². The SMILES string of the molecule is COc1cc(C)c(C(C)NC(=O)c2ccc(C)c(NS(=O)(=O)c3ccccc3)c2)cc1C(C)C. The second kappa shape index (κ2) is 10.3. The maximum Gasteiger partial charge on any atom is 0.261 e. The molecule has 2 N–H and O–H groups in total. The van der Waals surface area contributed by atoms with E-state index in [1.54, 1.807) is 50.4 Å². The fourth-order valence-corrected chi connectivity index (χ4v) is 4.99. The number of sulfonamides is 1. The van der Waals surface area contributed by atoms with Crippen molar-refractivity contribution in [3.8, 4) is 5.75 Å². The molecule has 0 radical (unpaired) electrons. The number of methoxy groups -OCH3 is 1. The Labute approximate surface area is 202 Å². The largest absolute Gasteiger partial charge is 0.496 e. The van der Waals surface area contributed by atoms with Crippen LogP contribution < -0.4 is 14.8 Å². The number of carbonyl (C=O) groups excluding carboxylic acids is 1. The Morgan fingerprint density at radius 3 is 2.18 bits per heavy atom. The highest BCUT2D eigenvalue weighted by atomic mass is 32.2. The van der Waals surface area contributed by atoms with Crippen molar-refractivity contribution in [2.24, 2.45) is 0 Å². The minimum Gasteiger partial charge on any atom is -0.496 e. The van der Waals surface area contributed by atoms with Crippen LogP contribution in [0.1, 0.15) is 65.3 Å². The van der Waals surface area contributed by atoms with Gasteiger partial charge in [0.25, 0.3) is 15.9 Å². The van der Waals surface area contributed by atoms with Crippen molar-refractivity contribution < 1.29 is 17.9 Å². The molecule has 1 amide bonds. The molecule has 0 spiro atoms. The summed E-state index contributed by atoms with van der Waals surface area (Å²) in [4.78, 5) is 13.2. The quantitative estimate of drug-likeness (QED) is 0.431. The molecule has 1 atom stereocenters. The van der Waals surface area contributed by atoms with E-state index in [2.05, 4.69) is 30.0 Å². The van der Waals surface area contributed by atoms with Gasteiger partial charge in [-0.15, -0.1) is 0 Å². The second-order valence-corrected chi connectivity index (χ2v) is 10.4. The third-order valence-corrected chi connectivity index (χ3v) is 7.23. The summed E-state index contributed by atoms with van der Waals surface area (Å²) in [5, 5.41) is 3.04. The lowest BCUT2D eigenvalue weighted by molar-refractivity contribution is 0.0940. The third kappa shape index (κ3) is 5.59. The summed E-state index contributed by atoms with van der Waals surface area (Å²) in [5.41, 5.74) is 4.57. The van der Waals surface area contributed by atoms with Crippen molar-refractivity contribution in [3.63, 3.8) is 0 Å². The molecule has 0 fully saturated rings. The summed E-state index contributed by atoms with van der Waals surface area (Å²) in [6.07, 6.45) is 0. The fourth-order valence-electron chi connectivity index (χ4n) is 3.84. The van der Waals surface area contributed by atoms with Crippen LogP contribution in [0, 0.1) is 13.8 Å². The van der Waals surface area contributed by atoms with Crippen molar-refractivity contribution in [1.82, 2.24) is 5.32 Å². The molecule has 0 aliphatic carbocycles. The third-order valence-electron chi connectivity index (χ3n) is 5.85. The van der Waals surface area contributed by atoms with Crippen LogP contribution in [-0.2, 0) is 10.0 Å². The van der Waals surface area contributed by atoms with Crippen LogP contribution in [0.15, 0.2) is 65.6 Å². The average molecular weight is 481 g/mol. The van der Waals surface area contributed by atoms with Crippen molar-refractivity contribution in [1.29, 1.82) is 0 Å². The highest BCUT2D eigenvalue weighted by molar-refractivity contribution is 7.92. The maximum atomic E-state index is 13.1. The Morgan fingerprint density at radius 1 is 0.882 bits per heavy atom. The van der Waals surface area contributed by atoms with Crippen LogP contribution in [0.3, 0.4) is 0 Å². The molecule has 0 aromatic heterocycles. The standard InChI is InChI=1S/C27H32N2O4S/c1-17(2)23-16-24(19(4)14-26(23)33-6)20(5)28-27(30)21-13-12-18(3)25(15-21)29-34(31,32)22-10-8-7-9-11-22/h7-17,20,29H,1-6H3,(H,28,30). The molecular formula is C27H32N2O4S. The first-order valence-electron chi connectivity index (χ1n) is 11.2. The normalized spacial score (nSPS) is 12.3. The minimum atomic E-state index is -3.76. The molecule has 3 aromatic rings. The van der Waals surface area contributed by atoms with E-state index < -0.39 is 10.0 Å². The van der Waals surface area contributed by atoms with Gasteiger partial charge in [0.2, 0.25) is 0 Å². The molecule has 34 heavy (non-hydrogen) atoms. The number of ether oxygens (including phenoxy) is 1. The summed E-state index contributed by atoms with van der Waals surface area (Å²) in [7, 11) is -2.10. The van der Waals surface area contributed by atoms with Gasteiger partial charge in [-0.25, -0.2) is 8.42 Å². The van der Waals surface area contributed by atoms with Crippen LogP contribution in [-0.4, -0.2) is 21.4 Å². The number of hydrogen-bond acceptors (Lipinski definition) is 4. The first kappa shape index (κ1) is 25.3. The van der Waals surface area contributed by atoms with Gasteiger partial charge in [-0.1, -0.05) is 38.1 Å². The average Bonchev–Trinajstić information content (AvgIpc) is 2.80. The first-order chi connectivity index (χ1) is 16.0. The summed E-state index contributed by atoms with van der Waals surface area (Å²) in [6.45, 7) is 9.92. The molecule has 0 saturated carbocycles. The number of aryl methyl sites for hydroxylation is 2. The number of hydrogen-bond donors (Lipinski definition) is 2. The zero-order valence-electron chi connectivity index (χ0n) is 20.5. The Bertz CT molecular complexity index is 1290. The Balaban J connectivity index is 1.84. The van der Waals surface area contributed by atoms with E-state index in [0.717, 1.165) is 28.0 Å². The topological polar surface area (TPSA) is 84.5 Å². The minimum absolute atomic E-state index is 0.161. The van der Waals surface area contributed by atoms with Gasteiger partial charge >= 0.3 is 0 Å². The van der Waals surface area contributed by atoms with Gasteiger partial charge < -0.3 is 10.1 Å². The van der Waals surface area contributed by atoms with Gasteiger partial charge in [-0.3, -0.25) is 9.52 Å². The van der Waals surface area contributed by atoms with Gasteiger partial charge in [0.15, 0.2) is 0 Å². The van der Waals surface area contributed by atoms with Crippen LogP contribution in [0.25, 0.3) is 0 Å². The molecule has 7 heteroatoms. The number of amides is 1. The summed E-state index contributed by atoms with van der Waals surface area (Å²) in [5.74, 6) is 0.826. The molecule has 3 rings (SSSR count). The molecule has 0 aliphatic rings. The van der Waals surface area contributed by atoms with Crippen molar-refractivity contribution in [2.75, 3.05) is 11.8 Å². The number of nitrogens with one attached hydrogen (secondary N) is 2. The van der Waals surface area contributed by atoms with E-state index in [-0.39, 0.29) is 22.8 Å². The molecule has 0 heterocycles. The molecule has 180 valence electrons. The van der Waals surface area contributed by atoms with E-state index in [9.17, 15) is 13.2 Å². The molecular weight excluding hydrogens is 448 g/mol. The Morgan fingerprint density at radius 2 is 1.56 bits per heavy atom. The first-order valence-corrected chi connectivity index (χ1v) is 12.7. The predicted octanol–water partition coefficient (Wildman–Crippen LogP) is 5.73. The van der Waals surface area contributed by atoms with Gasteiger partial charge in [-0.05, 0) is 85.3 Å². The molecule has 3 aromatic carbocycles. The Kier molecular flexibility index (Phi) is 7.67. The van der Waals surface area contributed by atoms with Gasteiger partial charge in [0.1, 0.15) is 5.75 Å². The van der Waals surface area contributed by atoms with E-state index in [4.69, 9.17) is 4.74 Å². The molecule has 6 nitrogen and oxygen atoms in total. The van der Waals surface area contributed by atoms with Gasteiger partial charge in [0, 0.05) is 5.56 Å². The molecule has 0 aliphatic heterocycles. The zero-order chi connectivity index (χ0) is 25.0. The van der Waals surface area contributed by atoms with E-state index in [1.165, 1.54) is 12.1 Å². The fraction of sp³-hybridized carbons (Fsp3) is 0.296. The monoisotopic (exact) mass is 480 g/mol. The second-order valence-electron chi connectivity index (χ2n) is 8.75. The number of benzene rings is 3. The van der Waals surface area contributed by atoms with Crippen LogP contribution in [0.4, 0.5) is 5.69 Å². The lowest BCUT2D eigenvalue weighted by atomic mass is 9.93. The number of rotatable bonds is 8. The summed E-state index contributed by atoms with van der Waals surface area (Å²) >= 11 is 0. The number of anilines is 1. The van der Waals surface area contributed by atoms with Crippen molar-refractivity contribution in [3.05, 3.63) is 88.5 Å². The molecule has 0 saturated heterocycles. The van der Waals surface area contributed by atoms with E-state index in [0.29, 0.717) is 11.3 Å². The number of carbonyl (C=O) groups is 1. The Hall–Kier alpha value is -3.32. The maximum absolute atomic E-state index is 13.1. The zero-order valence-corrected chi connectivity index (χ0v) is 21.3. The molecule has 0 bridgehead atoms. The van der Waals surface area contributed by atoms with E-state index >= 15 is 0 Å². The van der Waals surface area contributed by atoms with Gasteiger partial charge in [0.05, 0.1) is 23.7 Å². The van der Waals surface area contributed by atoms with Crippen LogP contribution in [0.5, 0.6) is 5.75 Å². The summed E-state index contributed by atoms with van der Waals surface area (Å²) < 4.78 is 33.6.